The second-order valence-electron chi connectivity index (χ2n) is 4.47. The van der Waals surface area contributed by atoms with Crippen LogP contribution < -0.4 is 4.74 Å². The Bertz CT molecular complexity index is 704. The lowest BCUT2D eigenvalue weighted by Crippen LogP contribution is -2.01. The molecule has 0 saturated heterocycles. The third-order valence-corrected chi connectivity index (χ3v) is 5.83. The van der Waals surface area contributed by atoms with E-state index in [-0.39, 0.29) is 0 Å². The van der Waals surface area contributed by atoms with Gasteiger partial charge in [-0.25, -0.2) is 0 Å². The molecule has 3 rings (SSSR count). The van der Waals surface area contributed by atoms with E-state index in [0.717, 1.165) is 20.7 Å². The monoisotopic (exact) mass is 368 g/mol. The van der Waals surface area contributed by atoms with Gasteiger partial charge in [0.1, 0.15) is 5.75 Å². The molecule has 20 heavy (non-hydrogen) atoms. The highest BCUT2D eigenvalue weighted by atomic mass is 79.9. The van der Waals surface area contributed by atoms with E-state index in [9.17, 15) is 5.11 Å². The van der Waals surface area contributed by atoms with E-state index in [1.54, 1.807) is 29.8 Å². The van der Waals surface area contributed by atoms with Gasteiger partial charge in [-0.15, -0.1) is 22.7 Å². The number of fused-ring (bicyclic) bond motifs is 1. The number of hydrogen-bond donors (Lipinski definition) is 1. The van der Waals surface area contributed by atoms with Crippen molar-refractivity contribution in [1.29, 1.82) is 0 Å². The van der Waals surface area contributed by atoms with Crippen molar-refractivity contribution in [3.05, 3.63) is 50.6 Å². The number of thiophene rings is 2. The van der Waals surface area contributed by atoms with Crippen LogP contribution in [-0.4, -0.2) is 12.2 Å². The molecule has 0 saturated carbocycles. The summed E-state index contributed by atoms with van der Waals surface area (Å²) in [5.41, 5.74) is 1.01. The van der Waals surface area contributed by atoms with Crippen molar-refractivity contribution >= 4 is 48.0 Å². The van der Waals surface area contributed by atoms with Gasteiger partial charge in [0.25, 0.3) is 0 Å². The highest BCUT2D eigenvalue weighted by Crippen LogP contribution is 2.35. The molecule has 2 aromatic heterocycles. The molecule has 1 aromatic carbocycles. The normalized spacial score (nSPS) is 12.8. The van der Waals surface area contributed by atoms with Crippen LogP contribution in [0.4, 0.5) is 0 Å². The molecular weight excluding hydrogens is 356 g/mol. The van der Waals surface area contributed by atoms with Crippen LogP contribution in [-0.2, 0) is 6.42 Å². The van der Waals surface area contributed by atoms with Crippen molar-refractivity contribution < 1.29 is 9.84 Å². The average Bonchev–Trinajstić information content (AvgIpc) is 2.99. The number of rotatable bonds is 4. The Morgan fingerprint density at radius 2 is 2.10 bits per heavy atom. The van der Waals surface area contributed by atoms with Gasteiger partial charge in [-0.05, 0) is 41.3 Å². The molecule has 1 atom stereocenters. The molecule has 0 fully saturated rings. The number of halogens is 1. The fourth-order valence-electron chi connectivity index (χ4n) is 2.16. The number of methoxy groups -OCH3 is 1. The lowest BCUT2D eigenvalue weighted by Gasteiger charge is -2.12. The molecule has 0 aliphatic rings. The number of ether oxygens (including phenoxy) is 1. The van der Waals surface area contributed by atoms with Gasteiger partial charge in [0.2, 0.25) is 0 Å². The summed E-state index contributed by atoms with van der Waals surface area (Å²) in [6.45, 7) is 0. The van der Waals surface area contributed by atoms with E-state index in [1.807, 2.05) is 18.2 Å². The minimum absolute atomic E-state index is 0.497. The number of hydrogen-bond acceptors (Lipinski definition) is 4. The maximum Gasteiger partial charge on any atom is 0.122 e. The molecule has 0 radical (unpaired) electrons. The molecule has 1 N–H and O–H groups in total. The Kier molecular flexibility index (Phi) is 4.12. The van der Waals surface area contributed by atoms with E-state index in [1.165, 1.54) is 9.40 Å². The molecule has 1 unspecified atom stereocenters. The predicted octanol–water partition coefficient (Wildman–Crippen LogP) is 5.01. The second kappa shape index (κ2) is 5.85. The second-order valence-corrected chi connectivity index (χ2v) is 7.45. The summed E-state index contributed by atoms with van der Waals surface area (Å²) in [4.78, 5) is 1.01. The van der Waals surface area contributed by atoms with Crippen LogP contribution in [0.3, 0.4) is 0 Å². The Balaban J connectivity index is 1.86. The third-order valence-electron chi connectivity index (χ3n) is 3.14. The minimum Gasteiger partial charge on any atom is -0.496 e. The first-order valence-corrected chi connectivity index (χ1v) is 8.63. The summed E-state index contributed by atoms with van der Waals surface area (Å²) in [5.74, 6) is 0.811. The number of benzene rings is 1. The van der Waals surface area contributed by atoms with E-state index in [2.05, 4.69) is 33.4 Å². The predicted molar refractivity (Wildman–Crippen MR) is 89.1 cm³/mol. The Hall–Kier alpha value is -0.880. The lowest BCUT2D eigenvalue weighted by atomic mass is 10.1. The summed E-state index contributed by atoms with van der Waals surface area (Å²) in [7, 11) is 1.65. The first-order chi connectivity index (χ1) is 9.67. The zero-order valence-corrected chi connectivity index (χ0v) is 14.0. The first kappa shape index (κ1) is 14.1. The van der Waals surface area contributed by atoms with Crippen LogP contribution in [0.5, 0.6) is 5.75 Å². The van der Waals surface area contributed by atoms with Crippen LogP contribution in [0.2, 0.25) is 0 Å². The Morgan fingerprint density at radius 1 is 1.25 bits per heavy atom. The first-order valence-electron chi connectivity index (χ1n) is 6.15. The van der Waals surface area contributed by atoms with Crippen molar-refractivity contribution in [3.8, 4) is 5.75 Å². The van der Waals surface area contributed by atoms with E-state index < -0.39 is 6.10 Å². The van der Waals surface area contributed by atoms with Gasteiger partial charge in [0.15, 0.2) is 0 Å². The Morgan fingerprint density at radius 3 is 2.85 bits per heavy atom. The summed E-state index contributed by atoms with van der Waals surface area (Å²) in [5, 5.41) is 12.5. The molecule has 0 aliphatic heterocycles. The molecule has 0 spiro atoms. The van der Waals surface area contributed by atoms with E-state index in [0.29, 0.717) is 6.42 Å². The van der Waals surface area contributed by atoms with Crippen LogP contribution >= 0.6 is 38.6 Å². The van der Waals surface area contributed by atoms with Crippen molar-refractivity contribution in [1.82, 2.24) is 0 Å². The molecule has 2 nitrogen and oxygen atoms in total. The van der Waals surface area contributed by atoms with Gasteiger partial charge >= 0.3 is 0 Å². The van der Waals surface area contributed by atoms with Gasteiger partial charge in [-0.1, -0.05) is 15.9 Å². The maximum absolute atomic E-state index is 10.4. The summed E-state index contributed by atoms with van der Waals surface area (Å²) in [6, 6.07) is 10.0. The topological polar surface area (TPSA) is 29.5 Å². The van der Waals surface area contributed by atoms with Gasteiger partial charge < -0.3 is 9.84 Å². The molecule has 0 aliphatic carbocycles. The quantitative estimate of drug-likeness (QED) is 0.701. The van der Waals surface area contributed by atoms with Crippen molar-refractivity contribution in [2.45, 2.75) is 12.5 Å². The third kappa shape index (κ3) is 2.76. The van der Waals surface area contributed by atoms with Crippen LogP contribution in [0.25, 0.3) is 9.40 Å². The highest BCUT2D eigenvalue weighted by Gasteiger charge is 2.15. The largest absolute Gasteiger partial charge is 0.496 e. The summed E-state index contributed by atoms with van der Waals surface area (Å²) >= 11 is 6.83. The molecule has 0 bridgehead atoms. The fourth-order valence-corrected chi connectivity index (χ4v) is 4.68. The van der Waals surface area contributed by atoms with Crippen molar-refractivity contribution in [2.24, 2.45) is 0 Å². The van der Waals surface area contributed by atoms with Crippen LogP contribution in [0.15, 0.2) is 40.2 Å². The molecule has 5 heteroatoms. The van der Waals surface area contributed by atoms with Gasteiger partial charge in [0, 0.05) is 25.2 Å². The van der Waals surface area contributed by atoms with Crippen molar-refractivity contribution in [3.63, 3.8) is 0 Å². The lowest BCUT2D eigenvalue weighted by molar-refractivity contribution is 0.181. The Labute approximate surface area is 133 Å². The SMILES string of the molecule is COc1ccc(Br)cc1CC(O)c1cc2sccc2s1. The van der Waals surface area contributed by atoms with E-state index in [4.69, 9.17) is 4.74 Å². The summed E-state index contributed by atoms with van der Waals surface area (Å²) < 4.78 is 8.83. The van der Waals surface area contributed by atoms with Crippen LogP contribution in [0, 0.1) is 0 Å². The molecular formula is C15H13BrO2S2. The summed E-state index contributed by atoms with van der Waals surface area (Å²) in [6.07, 6.45) is 0.0546. The molecule has 3 aromatic rings. The maximum atomic E-state index is 10.4. The van der Waals surface area contributed by atoms with Gasteiger partial charge in [-0.2, -0.15) is 0 Å². The standard InChI is InChI=1S/C15H13BrO2S2/c1-18-12-3-2-10(16)6-9(12)7-11(17)14-8-15-13(20-14)4-5-19-15/h2-6,8,11,17H,7H2,1H3. The number of aliphatic hydroxyl groups is 1. The minimum atomic E-state index is -0.497. The highest BCUT2D eigenvalue weighted by molar-refractivity contribution is 9.10. The average molecular weight is 369 g/mol. The molecule has 104 valence electrons. The van der Waals surface area contributed by atoms with Crippen LogP contribution in [0.1, 0.15) is 16.5 Å². The number of aliphatic hydroxyl groups excluding tert-OH is 1. The fraction of sp³-hybridized carbons (Fsp3) is 0.200. The zero-order valence-electron chi connectivity index (χ0n) is 10.8. The van der Waals surface area contributed by atoms with Crippen molar-refractivity contribution in [2.75, 3.05) is 7.11 Å². The molecule has 2 heterocycles. The zero-order chi connectivity index (χ0) is 14.1. The molecule has 0 amide bonds. The van der Waals surface area contributed by atoms with E-state index >= 15 is 0 Å². The van der Waals surface area contributed by atoms with Gasteiger partial charge in [-0.3, -0.25) is 0 Å². The smallest absolute Gasteiger partial charge is 0.122 e. The van der Waals surface area contributed by atoms with Gasteiger partial charge in [0.05, 0.1) is 13.2 Å².